The third-order valence-corrected chi connectivity index (χ3v) is 8.10. The number of likely N-dealkylation sites (tertiary alicyclic amines) is 1. The molecule has 1 aromatic carbocycles. The number of amides is 2. The standard InChI is InChI=1S/C26H29ClN2O6/c1-3-17(15-30)29-21-23(32)28(18-9-7-16(27)8-10-18)13-5-12-26(21)19(22(29)31)20-24(33)34-14-6-11-25(20,4-2)35-26/h5-12,17,19-21,30H,3-4,13-15H2,1-2H3/t17-,19-,20-,21?,25+,26-/m0/s1. The van der Waals surface area contributed by atoms with Gasteiger partial charge in [-0.25, -0.2) is 0 Å². The molecule has 4 aliphatic rings. The predicted octanol–water partition coefficient (Wildman–Crippen LogP) is 2.49. The van der Waals surface area contributed by atoms with E-state index in [4.69, 9.17) is 21.1 Å². The van der Waals surface area contributed by atoms with Crippen LogP contribution >= 0.6 is 11.6 Å². The number of halogens is 1. The molecule has 186 valence electrons. The largest absolute Gasteiger partial charge is 0.461 e. The maximum atomic E-state index is 14.3. The quantitative estimate of drug-likeness (QED) is 0.493. The zero-order chi connectivity index (χ0) is 25.0. The molecule has 0 radical (unpaired) electrons. The van der Waals surface area contributed by atoms with Crippen molar-refractivity contribution in [2.45, 2.75) is 50.0 Å². The summed E-state index contributed by atoms with van der Waals surface area (Å²) in [7, 11) is 0. The molecule has 1 spiro atoms. The number of cyclic esters (lactones) is 1. The van der Waals surface area contributed by atoms with E-state index in [9.17, 15) is 19.5 Å². The predicted molar refractivity (Wildman–Crippen MR) is 129 cm³/mol. The van der Waals surface area contributed by atoms with Crippen LogP contribution in [0.5, 0.6) is 0 Å². The Morgan fingerprint density at radius 2 is 1.83 bits per heavy atom. The molecule has 0 saturated carbocycles. The first-order chi connectivity index (χ1) is 16.8. The number of carbonyl (C=O) groups is 3. The minimum absolute atomic E-state index is 0.106. The summed E-state index contributed by atoms with van der Waals surface area (Å²) in [4.78, 5) is 44.6. The monoisotopic (exact) mass is 500 g/mol. The Labute approximate surface area is 209 Å². The zero-order valence-corrected chi connectivity index (χ0v) is 20.5. The van der Waals surface area contributed by atoms with Crippen LogP contribution < -0.4 is 4.90 Å². The number of esters is 1. The fourth-order valence-electron chi connectivity index (χ4n) is 6.20. The summed E-state index contributed by atoms with van der Waals surface area (Å²) in [5, 5.41) is 10.7. The van der Waals surface area contributed by atoms with Gasteiger partial charge in [0.1, 0.15) is 29.8 Å². The van der Waals surface area contributed by atoms with E-state index in [1.165, 1.54) is 4.90 Å². The van der Waals surface area contributed by atoms with Crippen molar-refractivity contribution >= 4 is 35.1 Å². The fourth-order valence-corrected chi connectivity index (χ4v) is 6.32. The van der Waals surface area contributed by atoms with Gasteiger partial charge in [0.25, 0.3) is 5.91 Å². The molecule has 4 heterocycles. The van der Waals surface area contributed by atoms with Crippen LogP contribution in [0, 0.1) is 11.8 Å². The average molecular weight is 501 g/mol. The normalized spacial score (nSPS) is 34.7. The summed E-state index contributed by atoms with van der Waals surface area (Å²) in [5.74, 6) is -3.07. The van der Waals surface area contributed by atoms with E-state index >= 15 is 0 Å². The van der Waals surface area contributed by atoms with Crippen molar-refractivity contribution in [1.29, 1.82) is 0 Å². The SMILES string of the molecule is CC[C@@H](CO)N1C(=O)[C@@H]2[C@H]3C(=O)OCC=C[C@@]3(CC)O[C@@]23C=CCN(c2ccc(Cl)cc2)C(=O)C13. The molecule has 2 amide bonds. The van der Waals surface area contributed by atoms with Crippen molar-refractivity contribution in [3.63, 3.8) is 0 Å². The van der Waals surface area contributed by atoms with Crippen molar-refractivity contribution in [3.8, 4) is 0 Å². The Morgan fingerprint density at radius 3 is 2.49 bits per heavy atom. The minimum Gasteiger partial charge on any atom is -0.461 e. The van der Waals surface area contributed by atoms with Gasteiger partial charge in [-0.15, -0.1) is 0 Å². The lowest BCUT2D eigenvalue weighted by atomic mass is 9.73. The van der Waals surface area contributed by atoms with E-state index < -0.39 is 41.1 Å². The highest BCUT2D eigenvalue weighted by molar-refractivity contribution is 6.30. The van der Waals surface area contributed by atoms with Crippen LogP contribution in [-0.2, 0) is 23.9 Å². The minimum atomic E-state index is -1.38. The van der Waals surface area contributed by atoms with Gasteiger partial charge in [0.05, 0.1) is 18.6 Å². The Morgan fingerprint density at radius 1 is 1.09 bits per heavy atom. The molecule has 9 heteroatoms. The highest BCUT2D eigenvalue weighted by Gasteiger charge is 2.76. The second kappa shape index (κ2) is 8.76. The van der Waals surface area contributed by atoms with Gasteiger partial charge in [0.2, 0.25) is 5.91 Å². The number of anilines is 1. The van der Waals surface area contributed by atoms with Crippen molar-refractivity contribution in [2.24, 2.45) is 11.8 Å². The number of nitrogens with zero attached hydrogens (tertiary/aromatic N) is 2. The first kappa shape index (κ1) is 24.0. The van der Waals surface area contributed by atoms with Crippen LogP contribution in [0.3, 0.4) is 0 Å². The van der Waals surface area contributed by atoms with Crippen LogP contribution in [0.15, 0.2) is 48.6 Å². The van der Waals surface area contributed by atoms with E-state index in [2.05, 4.69) is 0 Å². The summed E-state index contributed by atoms with van der Waals surface area (Å²) in [6.45, 7) is 3.80. The van der Waals surface area contributed by atoms with Gasteiger partial charge >= 0.3 is 5.97 Å². The average Bonchev–Trinajstić information content (AvgIpc) is 3.13. The van der Waals surface area contributed by atoms with Gasteiger partial charge in [-0.2, -0.15) is 0 Å². The molecule has 6 atom stereocenters. The smallest absolute Gasteiger partial charge is 0.313 e. The number of fused-ring (bicyclic) bond motifs is 2. The highest BCUT2D eigenvalue weighted by Crippen LogP contribution is 2.58. The number of carbonyl (C=O) groups excluding carboxylic acids is 3. The Kier molecular flexibility index (Phi) is 6.02. The van der Waals surface area contributed by atoms with Crippen LogP contribution in [0.1, 0.15) is 26.7 Å². The van der Waals surface area contributed by atoms with E-state index in [1.807, 2.05) is 26.0 Å². The van der Waals surface area contributed by atoms with Gasteiger partial charge in [-0.05, 0) is 43.2 Å². The molecule has 8 nitrogen and oxygen atoms in total. The van der Waals surface area contributed by atoms with Gasteiger partial charge < -0.3 is 24.4 Å². The lowest BCUT2D eigenvalue weighted by Crippen LogP contribution is -2.59. The Balaban J connectivity index is 1.69. The summed E-state index contributed by atoms with van der Waals surface area (Å²) in [6.07, 6.45) is 8.02. The van der Waals surface area contributed by atoms with Crippen LogP contribution in [0.2, 0.25) is 5.02 Å². The van der Waals surface area contributed by atoms with Crippen LogP contribution in [0.25, 0.3) is 0 Å². The summed E-state index contributed by atoms with van der Waals surface area (Å²) >= 11 is 6.06. The molecule has 1 unspecified atom stereocenters. The van der Waals surface area contributed by atoms with Gasteiger partial charge in [-0.3, -0.25) is 14.4 Å². The fraction of sp³-hybridized carbons (Fsp3) is 0.500. The molecule has 2 saturated heterocycles. The van der Waals surface area contributed by atoms with E-state index in [0.717, 1.165) is 0 Å². The molecule has 1 aromatic rings. The second-order valence-electron chi connectivity index (χ2n) is 9.47. The Hall–Kier alpha value is -2.68. The number of hydrogen-bond donors (Lipinski definition) is 1. The van der Waals surface area contributed by atoms with E-state index in [0.29, 0.717) is 23.6 Å². The summed E-state index contributed by atoms with van der Waals surface area (Å²) < 4.78 is 12.2. The van der Waals surface area contributed by atoms with Crippen molar-refractivity contribution < 1.29 is 29.0 Å². The van der Waals surface area contributed by atoms with E-state index in [-0.39, 0.29) is 31.6 Å². The first-order valence-electron chi connectivity index (χ1n) is 12.1. The molecule has 0 aromatic heterocycles. The Bertz CT molecular complexity index is 1100. The lowest BCUT2D eigenvalue weighted by molar-refractivity contribution is -0.159. The van der Waals surface area contributed by atoms with Crippen LogP contribution in [0.4, 0.5) is 5.69 Å². The first-order valence-corrected chi connectivity index (χ1v) is 12.4. The van der Waals surface area contributed by atoms with Crippen LogP contribution in [-0.4, -0.2) is 70.8 Å². The maximum Gasteiger partial charge on any atom is 0.313 e. The molecule has 5 rings (SSSR count). The zero-order valence-electron chi connectivity index (χ0n) is 19.7. The number of aliphatic hydroxyl groups excluding tert-OH is 1. The number of rotatable bonds is 5. The van der Waals surface area contributed by atoms with Crippen molar-refractivity contribution in [2.75, 3.05) is 24.7 Å². The molecule has 35 heavy (non-hydrogen) atoms. The molecular weight excluding hydrogens is 472 g/mol. The number of ether oxygens (including phenoxy) is 2. The number of aliphatic hydroxyl groups is 1. The van der Waals surface area contributed by atoms with Crippen molar-refractivity contribution in [1.82, 2.24) is 4.90 Å². The number of hydrogen-bond acceptors (Lipinski definition) is 6. The topological polar surface area (TPSA) is 96.4 Å². The number of benzene rings is 1. The van der Waals surface area contributed by atoms with Gasteiger partial charge in [-0.1, -0.05) is 43.7 Å². The van der Waals surface area contributed by atoms with Crippen molar-refractivity contribution in [3.05, 3.63) is 53.6 Å². The molecule has 1 N–H and O–H groups in total. The summed E-state index contributed by atoms with van der Waals surface area (Å²) in [6, 6.07) is 5.25. The van der Waals surface area contributed by atoms with Gasteiger partial charge in [0.15, 0.2) is 0 Å². The lowest BCUT2D eigenvalue weighted by Gasteiger charge is -2.40. The third kappa shape index (κ3) is 3.37. The van der Waals surface area contributed by atoms with Gasteiger partial charge in [0, 0.05) is 17.3 Å². The molecule has 2 fully saturated rings. The van der Waals surface area contributed by atoms with E-state index in [1.54, 1.807) is 41.3 Å². The second-order valence-corrected chi connectivity index (χ2v) is 9.91. The molecular formula is C26H29ClN2O6. The molecule has 4 aliphatic heterocycles. The maximum absolute atomic E-state index is 14.3. The molecule has 0 aliphatic carbocycles. The molecule has 0 bridgehead atoms. The summed E-state index contributed by atoms with van der Waals surface area (Å²) in [5.41, 5.74) is -1.82. The highest BCUT2D eigenvalue weighted by atomic mass is 35.5. The third-order valence-electron chi connectivity index (χ3n) is 7.85.